The van der Waals surface area contributed by atoms with Gasteiger partial charge in [-0.2, -0.15) is 0 Å². The van der Waals surface area contributed by atoms with Crippen molar-refractivity contribution >= 4 is 54.7 Å². The van der Waals surface area contributed by atoms with E-state index in [4.69, 9.17) is 9.98 Å². The number of hydrogen-bond acceptors (Lipinski definition) is 3. The van der Waals surface area contributed by atoms with E-state index < -0.39 is 0 Å². The van der Waals surface area contributed by atoms with Crippen molar-refractivity contribution in [2.75, 3.05) is 0 Å². The normalized spacial score (nSPS) is 15.8. The summed E-state index contributed by atoms with van der Waals surface area (Å²) in [6.07, 6.45) is 8.49. The minimum atomic E-state index is 0.617. The molecule has 0 bridgehead atoms. The van der Waals surface area contributed by atoms with Crippen LogP contribution in [0.4, 0.5) is 0 Å². The fourth-order valence-corrected chi connectivity index (χ4v) is 8.00. The summed E-state index contributed by atoms with van der Waals surface area (Å²) in [7, 11) is 0. The second kappa shape index (κ2) is 13.9. The first kappa shape index (κ1) is 33.8. The fourth-order valence-electron chi connectivity index (χ4n) is 7.31. The van der Waals surface area contributed by atoms with Gasteiger partial charge < -0.3 is 14.9 Å². The van der Waals surface area contributed by atoms with Crippen molar-refractivity contribution in [2.24, 2.45) is 9.98 Å². The summed E-state index contributed by atoms with van der Waals surface area (Å²) in [6.45, 7) is 13.6. The molecule has 0 spiro atoms. The number of nitrogens with one attached hydrogen (secondary N) is 2. The van der Waals surface area contributed by atoms with Gasteiger partial charge in [-0.05, 0) is 161 Å². The number of aliphatic imine (C=N–C) groups is 2. The van der Waals surface area contributed by atoms with Gasteiger partial charge in [-0.3, -0.25) is 0 Å². The topological polar surface area (TPSA) is 59.5 Å². The monoisotopic (exact) mass is 783 g/mol. The smallest absolute Gasteiger partial charge is 0.135 e. The van der Waals surface area contributed by atoms with E-state index in [-0.39, 0.29) is 0 Å². The molecule has 2 aliphatic heterocycles. The van der Waals surface area contributed by atoms with Crippen molar-refractivity contribution in [1.82, 2.24) is 14.9 Å². The molecule has 2 aromatic heterocycles. The van der Waals surface area contributed by atoms with Gasteiger partial charge in [0.25, 0.3) is 0 Å². The zero-order valence-electron chi connectivity index (χ0n) is 29.1. The van der Waals surface area contributed by atoms with Crippen LogP contribution in [0.25, 0.3) is 11.1 Å². The molecule has 0 amide bonds. The molecule has 5 nitrogen and oxygen atoms in total. The van der Waals surface area contributed by atoms with E-state index in [0.29, 0.717) is 6.54 Å². The molecule has 0 radical (unpaired) electrons. The fraction of sp³-hybridized carbons (Fsp3) is 0.163. The molecule has 0 saturated carbocycles. The Morgan fingerprint density at radius 3 is 1.36 bits per heavy atom. The molecule has 0 aliphatic carbocycles. The van der Waals surface area contributed by atoms with E-state index in [2.05, 4.69) is 179 Å². The highest BCUT2D eigenvalue weighted by Crippen LogP contribution is 2.37. The SMILES string of the molecule is Cc1cc(C)c(/C(=C2\C=CC(N(Cc3ccccc3)C3=N/C(=C(/c4ccc(Br)[nH]4)c4c(C)cc(C)cc4C)C=C3)=N2)c2ccc(Br)[nH]2)c(C)c1. The Balaban J connectivity index is 1.40. The lowest BCUT2D eigenvalue weighted by atomic mass is 9.91. The van der Waals surface area contributed by atoms with Crippen LogP contribution in [-0.4, -0.2) is 26.5 Å². The maximum Gasteiger partial charge on any atom is 0.135 e. The third-order valence-corrected chi connectivity index (χ3v) is 10.1. The summed E-state index contributed by atoms with van der Waals surface area (Å²) in [5.74, 6) is 1.68. The Bertz CT molecular complexity index is 2140. The Morgan fingerprint density at radius 2 is 0.980 bits per heavy atom. The van der Waals surface area contributed by atoms with Gasteiger partial charge >= 0.3 is 0 Å². The minimum absolute atomic E-state index is 0.617. The van der Waals surface area contributed by atoms with Crippen LogP contribution in [0.3, 0.4) is 0 Å². The van der Waals surface area contributed by atoms with Crippen molar-refractivity contribution in [1.29, 1.82) is 0 Å². The number of rotatable bonds is 6. The first-order valence-corrected chi connectivity index (χ1v) is 18.3. The molecule has 0 saturated heterocycles. The first-order chi connectivity index (χ1) is 24.0. The highest BCUT2D eigenvalue weighted by Gasteiger charge is 2.26. The van der Waals surface area contributed by atoms with Gasteiger partial charge in [0.05, 0.1) is 27.1 Å². The van der Waals surface area contributed by atoms with Crippen LogP contribution in [0.5, 0.6) is 0 Å². The van der Waals surface area contributed by atoms with Gasteiger partial charge in [-0.1, -0.05) is 65.7 Å². The number of aromatic amines is 2. The maximum absolute atomic E-state index is 5.36. The Kier molecular flexibility index (Phi) is 9.38. The Labute approximate surface area is 311 Å². The lowest BCUT2D eigenvalue weighted by molar-refractivity contribution is 0.612. The van der Waals surface area contributed by atoms with Gasteiger partial charge in [0.1, 0.15) is 11.7 Å². The number of halogens is 2. The van der Waals surface area contributed by atoms with Crippen LogP contribution in [0.15, 0.2) is 134 Å². The van der Waals surface area contributed by atoms with Crippen molar-refractivity contribution in [3.05, 3.63) is 185 Å². The average Bonchev–Trinajstić information content (AvgIpc) is 3.89. The predicted octanol–water partition coefficient (Wildman–Crippen LogP) is 11.4. The predicted molar refractivity (Wildman–Crippen MR) is 215 cm³/mol. The van der Waals surface area contributed by atoms with E-state index in [0.717, 1.165) is 54.8 Å². The van der Waals surface area contributed by atoms with Crippen LogP contribution in [-0.2, 0) is 6.54 Å². The molecule has 7 rings (SSSR count). The lowest BCUT2D eigenvalue weighted by Crippen LogP contribution is -2.33. The quantitative estimate of drug-likeness (QED) is 0.177. The second-order valence-electron chi connectivity index (χ2n) is 13.2. The number of allylic oxidation sites excluding steroid dienone is 2. The Morgan fingerprint density at radius 1 is 0.560 bits per heavy atom. The third kappa shape index (κ3) is 6.72. The van der Waals surface area contributed by atoms with Crippen LogP contribution in [0, 0.1) is 41.5 Å². The summed E-state index contributed by atoms with van der Waals surface area (Å²) in [5.41, 5.74) is 16.9. The maximum atomic E-state index is 5.36. The highest BCUT2D eigenvalue weighted by atomic mass is 79.9. The van der Waals surface area contributed by atoms with Gasteiger partial charge in [0, 0.05) is 22.5 Å². The summed E-state index contributed by atoms with van der Waals surface area (Å²) in [4.78, 5) is 20.0. The molecule has 250 valence electrons. The Hall–Kier alpha value is -4.72. The third-order valence-electron chi connectivity index (χ3n) is 9.19. The molecule has 0 fully saturated rings. The van der Waals surface area contributed by atoms with Crippen LogP contribution >= 0.6 is 31.9 Å². The zero-order valence-corrected chi connectivity index (χ0v) is 32.3. The largest absolute Gasteiger partial charge is 0.349 e. The summed E-state index contributed by atoms with van der Waals surface area (Å²) >= 11 is 7.28. The molecular weight excluding hydrogens is 746 g/mol. The van der Waals surface area contributed by atoms with E-state index in [1.165, 1.54) is 50.1 Å². The number of H-pyrrole nitrogens is 2. The zero-order chi connectivity index (χ0) is 35.1. The van der Waals surface area contributed by atoms with E-state index in [1.54, 1.807) is 0 Å². The van der Waals surface area contributed by atoms with Gasteiger partial charge in [0.2, 0.25) is 0 Å². The molecule has 0 unspecified atom stereocenters. The van der Waals surface area contributed by atoms with E-state index in [1.807, 2.05) is 12.1 Å². The van der Waals surface area contributed by atoms with Crippen LogP contribution in [0.2, 0.25) is 0 Å². The van der Waals surface area contributed by atoms with Crippen molar-refractivity contribution in [3.8, 4) is 0 Å². The molecule has 0 atom stereocenters. The number of benzene rings is 3. The minimum Gasteiger partial charge on any atom is -0.349 e. The number of amidine groups is 2. The van der Waals surface area contributed by atoms with E-state index in [9.17, 15) is 0 Å². The van der Waals surface area contributed by atoms with Gasteiger partial charge in [0.15, 0.2) is 0 Å². The van der Waals surface area contributed by atoms with Crippen molar-refractivity contribution in [3.63, 3.8) is 0 Å². The van der Waals surface area contributed by atoms with Gasteiger partial charge in [-0.15, -0.1) is 0 Å². The number of aromatic nitrogens is 2. The number of aryl methyl sites for hydroxylation is 6. The highest BCUT2D eigenvalue weighted by molar-refractivity contribution is 9.10. The molecule has 5 aromatic rings. The van der Waals surface area contributed by atoms with E-state index >= 15 is 0 Å². The van der Waals surface area contributed by atoms with Crippen LogP contribution < -0.4 is 0 Å². The molecule has 2 N–H and O–H groups in total. The number of hydrogen-bond donors (Lipinski definition) is 2. The summed E-state index contributed by atoms with van der Waals surface area (Å²) < 4.78 is 1.86. The first-order valence-electron chi connectivity index (χ1n) is 16.8. The molecular formula is C43H39Br2N5. The molecule has 3 aromatic carbocycles. The number of nitrogens with zero attached hydrogens (tertiary/aromatic N) is 3. The molecule has 50 heavy (non-hydrogen) atoms. The second-order valence-corrected chi connectivity index (χ2v) is 14.9. The summed E-state index contributed by atoms with van der Waals surface area (Å²) in [6, 6.07) is 27.8. The van der Waals surface area contributed by atoms with Crippen molar-refractivity contribution in [2.45, 2.75) is 48.1 Å². The van der Waals surface area contributed by atoms with Crippen LogP contribution in [0.1, 0.15) is 61.5 Å². The van der Waals surface area contributed by atoms with Gasteiger partial charge in [-0.25, -0.2) is 9.98 Å². The lowest BCUT2D eigenvalue weighted by Gasteiger charge is -2.23. The summed E-state index contributed by atoms with van der Waals surface area (Å²) in [5, 5.41) is 0. The average molecular weight is 786 g/mol. The molecule has 7 heteroatoms. The molecule has 4 heterocycles. The molecule has 2 aliphatic rings. The van der Waals surface area contributed by atoms with Crippen molar-refractivity contribution < 1.29 is 0 Å². The standard InChI is InChI=1S/C43H39Br2N5/c1-25-20-27(3)40(28(4)21-25)42(32-12-16-36(44)46-32)34-14-18-38(48-34)50(24-31-10-8-7-9-11-31)39-19-15-35(49-39)43(33-13-17-37(45)47-33)41-29(5)22-26(2)23-30(41)6/h7-23,46-47H,24H2,1-6H3/b42-34-,43-35+.